The zero-order valence-corrected chi connectivity index (χ0v) is 19.2. The second-order valence-corrected chi connectivity index (χ2v) is 7.57. The Morgan fingerprint density at radius 2 is 0.697 bits per heavy atom. The van der Waals surface area contributed by atoms with Crippen molar-refractivity contribution >= 4 is 18.2 Å². The first-order valence-corrected chi connectivity index (χ1v) is 11.2. The standard InChI is InChI=1S/C30H27N3/c1-4-13-22-16-7-10-19-25(22)28-31-29(26-20-11-8-17-23(26)14-5-2)33-30(32-28)27-21-12-9-18-24(27)15-6-3/h4-21H,1-3H3/b13-4-,14-5-,15-6+. The Bertz CT molecular complexity index is 1170. The number of rotatable bonds is 6. The summed E-state index contributed by atoms with van der Waals surface area (Å²) in [6.45, 7) is 6.05. The molecular formula is C30H27N3. The van der Waals surface area contributed by atoms with Gasteiger partial charge in [0, 0.05) is 16.7 Å². The van der Waals surface area contributed by atoms with E-state index >= 15 is 0 Å². The van der Waals surface area contributed by atoms with Gasteiger partial charge in [0.2, 0.25) is 0 Å². The van der Waals surface area contributed by atoms with Gasteiger partial charge in [-0.15, -0.1) is 0 Å². The summed E-state index contributed by atoms with van der Waals surface area (Å²) in [5, 5.41) is 0. The van der Waals surface area contributed by atoms with Gasteiger partial charge in [-0.05, 0) is 37.5 Å². The molecule has 1 aromatic heterocycles. The molecule has 0 saturated carbocycles. The van der Waals surface area contributed by atoms with Crippen LogP contribution in [-0.4, -0.2) is 15.0 Å². The van der Waals surface area contributed by atoms with Crippen molar-refractivity contribution in [2.75, 3.05) is 0 Å². The van der Waals surface area contributed by atoms with E-state index in [-0.39, 0.29) is 0 Å². The summed E-state index contributed by atoms with van der Waals surface area (Å²) in [5.41, 5.74) is 6.16. The van der Waals surface area contributed by atoms with Gasteiger partial charge in [0.05, 0.1) is 0 Å². The predicted octanol–water partition coefficient (Wildman–Crippen LogP) is 7.97. The molecule has 0 aliphatic carbocycles. The summed E-state index contributed by atoms with van der Waals surface area (Å²) < 4.78 is 0. The van der Waals surface area contributed by atoms with Crippen molar-refractivity contribution in [3.8, 4) is 34.2 Å². The van der Waals surface area contributed by atoms with E-state index in [1.54, 1.807) is 0 Å². The van der Waals surface area contributed by atoms with Crippen molar-refractivity contribution < 1.29 is 0 Å². The van der Waals surface area contributed by atoms with Gasteiger partial charge in [0.1, 0.15) is 0 Å². The zero-order valence-electron chi connectivity index (χ0n) is 19.2. The minimum atomic E-state index is 0.661. The monoisotopic (exact) mass is 429 g/mol. The third-order valence-electron chi connectivity index (χ3n) is 5.28. The second-order valence-electron chi connectivity index (χ2n) is 7.57. The van der Waals surface area contributed by atoms with Crippen molar-refractivity contribution in [1.29, 1.82) is 0 Å². The first-order valence-electron chi connectivity index (χ1n) is 11.2. The van der Waals surface area contributed by atoms with Crippen LogP contribution in [-0.2, 0) is 0 Å². The molecular weight excluding hydrogens is 402 g/mol. The Balaban J connectivity index is 2.02. The maximum atomic E-state index is 4.95. The normalized spacial score (nSPS) is 11.7. The molecule has 4 aromatic rings. The molecule has 0 spiro atoms. The van der Waals surface area contributed by atoms with E-state index in [0.29, 0.717) is 17.5 Å². The third-order valence-corrected chi connectivity index (χ3v) is 5.28. The van der Waals surface area contributed by atoms with Crippen LogP contribution in [0.1, 0.15) is 37.5 Å². The highest BCUT2D eigenvalue weighted by Crippen LogP contribution is 2.30. The molecule has 0 radical (unpaired) electrons. The molecule has 0 saturated heterocycles. The maximum absolute atomic E-state index is 4.95. The van der Waals surface area contributed by atoms with Crippen LogP contribution in [0.3, 0.4) is 0 Å². The van der Waals surface area contributed by atoms with Crippen LogP contribution in [0, 0.1) is 0 Å². The number of aromatic nitrogens is 3. The highest BCUT2D eigenvalue weighted by Gasteiger charge is 2.16. The lowest BCUT2D eigenvalue weighted by atomic mass is 10.0. The molecule has 0 amide bonds. The summed E-state index contributed by atoms with van der Waals surface area (Å²) in [4.78, 5) is 14.9. The van der Waals surface area contributed by atoms with Crippen LogP contribution in [0.15, 0.2) is 91.0 Å². The van der Waals surface area contributed by atoms with Crippen molar-refractivity contribution in [3.05, 3.63) is 108 Å². The first-order chi connectivity index (χ1) is 16.2. The maximum Gasteiger partial charge on any atom is 0.164 e. The Labute approximate surface area is 195 Å². The molecule has 0 fully saturated rings. The summed E-state index contributed by atoms with van der Waals surface area (Å²) in [5.74, 6) is 1.98. The van der Waals surface area contributed by atoms with Crippen molar-refractivity contribution in [2.45, 2.75) is 20.8 Å². The summed E-state index contributed by atoms with van der Waals surface area (Å²) in [6.07, 6.45) is 12.3. The average Bonchev–Trinajstić information content (AvgIpc) is 2.85. The molecule has 3 aromatic carbocycles. The molecule has 0 aliphatic rings. The molecule has 0 N–H and O–H groups in total. The molecule has 0 unspecified atom stereocenters. The lowest BCUT2D eigenvalue weighted by molar-refractivity contribution is 1.07. The van der Waals surface area contributed by atoms with Crippen LogP contribution in [0.25, 0.3) is 52.4 Å². The van der Waals surface area contributed by atoms with E-state index in [4.69, 9.17) is 15.0 Å². The minimum Gasteiger partial charge on any atom is -0.208 e. The van der Waals surface area contributed by atoms with Gasteiger partial charge < -0.3 is 0 Å². The molecule has 0 atom stereocenters. The van der Waals surface area contributed by atoms with E-state index in [2.05, 4.69) is 54.6 Å². The number of nitrogens with zero attached hydrogens (tertiary/aromatic N) is 3. The summed E-state index contributed by atoms with van der Waals surface area (Å²) in [6, 6.07) is 24.6. The van der Waals surface area contributed by atoms with Crippen molar-refractivity contribution in [3.63, 3.8) is 0 Å². The van der Waals surface area contributed by atoms with Crippen molar-refractivity contribution in [1.82, 2.24) is 15.0 Å². The molecule has 33 heavy (non-hydrogen) atoms. The fourth-order valence-electron chi connectivity index (χ4n) is 3.81. The van der Waals surface area contributed by atoms with E-state index in [1.807, 2.05) is 75.4 Å². The van der Waals surface area contributed by atoms with Crippen LogP contribution in [0.4, 0.5) is 0 Å². The fourth-order valence-corrected chi connectivity index (χ4v) is 3.81. The fraction of sp³-hybridized carbons (Fsp3) is 0.100. The largest absolute Gasteiger partial charge is 0.208 e. The summed E-state index contributed by atoms with van der Waals surface area (Å²) >= 11 is 0. The lowest BCUT2D eigenvalue weighted by Gasteiger charge is -2.12. The first kappa shape index (κ1) is 22.1. The van der Waals surface area contributed by atoms with Gasteiger partial charge in [-0.25, -0.2) is 15.0 Å². The van der Waals surface area contributed by atoms with Crippen LogP contribution in [0.5, 0.6) is 0 Å². The van der Waals surface area contributed by atoms with Crippen LogP contribution < -0.4 is 0 Å². The third kappa shape index (κ3) is 4.88. The highest BCUT2D eigenvalue weighted by atomic mass is 15.0. The highest BCUT2D eigenvalue weighted by molar-refractivity contribution is 5.78. The average molecular weight is 430 g/mol. The topological polar surface area (TPSA) is 38.7 Å². The molecule has 1 heterocycles. The summed E-state index contributed by atoms with van der Waals surface area (Å²) in [7, 11) is 0. The van der Waals surface area contributed by atoms with Gasteiger partial charge in [-0.2, -0.15) is 0 Å². The van der Waals surface area contributed by atoms with E-state index in [9.17, 15) is 0 Å². The Hall–Kier alpha value is -4.11. The molecule has 162 valence electrons. The van der Waals surface area contributed by atoms with E-state index in [1.165, 1.54) is 0 Å². The zero-order chi connectivity index (χ0) is 23.0. The predicted molar refractivity (Wildman–Crippen MR) is 140 cm³/mol. The SMILES string of the molecule is C/C=C\c1ccccc1-c1nc(-c2ccccc2/C=C\C)nc(-c2ccccc2/C=C/C)n1. The van der Waals surface area contributed by atoms with E-state index in [0.717, 1.165) is 33.4 Å². The molecule has 0 aliphatic heterocycles. The van der Waals surface area contributed by atoms with Crippen LogP contribution >= 0.6 is 0 Å². The number of benzene rings is 3. The lowest BCUT2D eigenvalue weighted by Crippen LogP contribution is -2.02. The number of hydrogen-bond acceptors (Lipinski definition) is 3. The minimum absolute atomic E-state index is 0.661. The van der Waals surface area contributed by atoms with Crippen LogP contribution in [0.2, 0.25) is 0 Å². The number of hydrogen-bond donors (Lipinski definition) is 0. The van der Waals surface area contributed by atoms with Gasteiger partial charge in [-0.1, -0.05) is 109 Å². The van der Waals surface area contributed by atoms with E-state index < -0.39 is 0 Å². The van der Waals surface area contributed by atoms with Gasteiger partial charge in [0.15, 0.2) is 17.5 Å². The second kappa shape index (κ2) is 10.5. The van der Waals surface area contributed by atoms with Gasteiger partial charge >= 0.3 is 0 Å². The Kier molecular flexibility index (Phi) is 7.01. The Morgan fingerprint density at radius 3 is 0.970 bits per heavy atom. The quantitative estimate of drug-likeness (QED) is 0.312. The molecule has 4 rings (SSSR count). The molecule has 3 heteroatoms. The van der Waals surface area contributed by atoms with Gasteiger partial charge in [-0.3, -0.25) is 0 Å². The number of allylic oxidation sites excluding steroid dienone is 3. The van der Waals surface area contributed by atoms with Gasteiger partial charge in [0.25, 0.3) is 0 Å². The molecule has 3 nitrogen and oxygen atoms in total. The smallest absolute Gasteiger partial charge is 0.164 e. The molecule has 0 bridgehead atoms. The Morgan fingerprint density at radius 1 is 0.424 bits per heavy atom. The van der Waals surface area contributed by atoms with Crippen molar-refractivity contribution in [2.24, 2.45) is 0 Å².